The van der Waals surface area contributed by atoms with Gasteiger partial charge in [-0.15, -0.1) is 0 Å². The van der Waals surface area contributed by atoms with Crippen molar-refractivity contribution in [2.45, 2.75) is 38.6 Å². The van der Waals surface area contributed by atoms with Crippen LogP contribution < -0.4 is 0 Å². The highest BCUT2D eigenvalue weighted by Gasteiger charge is 2.39. The minimum atomic E-state index is -0.796. The average molecular weight is 358 g/mol. The molecular weight excluding hydrogens is 332 g/mol. The summed E-state index contributed by atoms with van der Waals surface area (Å²) in [6.07, 6.45) is 2.71. The van der Waals surface area contributed by atoms with E-state index in [1.807, 2.05) is 37.3 Å². The molecule has 3 rings (SSSR count). The zero-order valence-corrected chi connectivity index (χ0v) is 15.1. The summed E-state index contributed by atoms with van der Waals surface area (Å²) in [6, 6.07) is 8.81. The number of piperidine rings is 2. The van der Waals surface area contributed by atoms with Crippen LogP contribution in [-0.4, -0.2) is 52.3 Å². The first-order valence-electron chi connectivity index (χ1n) is 9.35. The molecule has 2 fully saturated rings. The molecule has 0 saturated carbocycles. The van der Waals surface area contributed by atoms with E-state index in [1.54, 1.807) is 9.80 Å². The lowest BCUT2D eigenvalue weighted by molar-refractivity contribution is -0.152. The van der Waals surface area contributed by atoms with Crippen LogP contribution in [0.3, 0.4) is 0 Å². The number of rotatable bonds is 4. The number of amides is 2. The fourth-order valence-electron chi connectivity index (χ4n) is 4.08. The molecule has 2 aliphatic rings. The van der Waals surface area contributed by atoms with E-state index in [2.05, 4.69) is 0 Å². The summed E-state index contributed by atoms with van der Waals surface area (Å²) in [4.78, 5) is 40.6. The first-order valence-corrected chi connectivity index (χ1v) is 9.35. The van der Waals surface area contributed by atoms with Gasteiger partial charge < -0.3 is 14.9 Å². The zero-order valence-electron chi connectivity index (χ0n) is 15.1. The Balaban J connectivity index is 1.84. The summed E-state index contributed by atoms with van der Waals surface area (Å²) in [5, 5.41) is 9.30. The van der Waals surface area contributed by atoms with Crippen molar-refractivity contribution in [2.75, 3.05) is 19.6 Å². The molecule has 2 saturated heterocycles. The smallest absolute Gasteiger partial charge is 0.306 e. The number of carboxylic acid groups (broad SMARTS) is 1. The summed E-state index contributed by atoms with van der Waals surface area (Å²) in [7, 11) is 0. The van der Waals surface area contributed by atoms with E-state index in [-0.39, 0.29) is 17.7 Å². The molecule has 2 aliphatic heterocycles. The maximum absolute atomic E-state index is 13.4. The van der Waals surface area contributed by atoms with Crippen molar-refractivity contribution >= 4 is 17.8 Å². The van der Waals surface area contributed by atoms with Gasteiger partial charge in [-0.25, -0.2) is 0 Å². The van der Waals surface area contributed by atoms with Crippen LogP contribution in [0.25, 0.3) is 0 Å². The number of nitrogens with zero attached hydrogens (tertiary/aromatic N) is 2. The zero-order chi connectivity index (χ0) is 18.7. The van der Waals surface area contributed by atoms with Crippen molar-refractivity contribution in [1.29, 1.82) is 0 Å². The van der Waals surface area contributed by atoms with Crippen molar-refractivity contribution in [3.05, 3.63) is 35.9 Å². The standard InChI is InChI=1S/C20H26N2O4/c1-14-13-21(12-10-16(14)20(25)26)19(24)18(15-7-3-2-4-8-15)22-11-6-5-9-17(22)23/h2-4,7-8,14,16,18H,5-6,9-13H2,1H3,(H,25,26). The predicted octanol–water partition coefficient (Wildman–Crippen LogP) is 2.31. The average Bonchev–Trinajstić information content (AvgIpc) is 2.64. The van der Waals surface area contributed by atoms with E-state index in [0.29, 0.717) is 32.5 Å². The topological polar surface area (TPSA) is 77.9 Å². The lowest BCUT2D eigenvalue weighted by Crippen LogP contribution is -2.51. The van der Waals surface area contributed by atoms with Gasteiger partial charge in [0, 0.05) is 26.1 Å². The van der Waals surface area contributed by atoms with Crippen molar-refractivity contribution in [2.24, 2.45) is 11.8 Å². The second kappa shape index (κ2) is 7.89. The van der Waals surface area contributed by atoms with Crippen LogP contribution in [0.1, 0.15) is 44.2 Å². The molecule has 0 aromatic heterocycles. The number of aliphatic carboxylic acids is 1. The first-order chi connectivity index (χ1) is 12.5. The number of carbonyl (C=O) groups excluding carboxylic acids is 2. The third-order valence-corrected chi connectivity index (χ3v) is 5.56. The number of benzene rings is 1. The second-order valence-corrected chi connectivity index (χ2v) is 7.35. The Labute approximate surface area is 153 Å². The molecule has 26 heavy (non-hydrogen) atoms. The summed E-state index contributed by atoms with van der Waals surface area (Å²) in [5.41, 5.74) is 0.820. The van der Waals surface area contributed by atoms with Gasteiger partial charge in [-0.1, -0.05) is 37.3 Å². The Morgan fingerprint density at radius 2 is 1.88 bits per heavy atom. The second-order valence-electron chi connectivity index (χ2n) is 7.35. The Morgan fingerprint density at radius 3 is 2.50 bits per heavy atom. The van der Waals surface area contributed by atoms with Gasteiger partial charge in [-0.3, -0.25) is 14.4 Å². The Kier molecular flexibility index (Phi) is 5.59. The van der Waals surface area contributed by atoms with Crippen LogP contribution >= 0.6 is 0 Å². The molecule has 3 atom stereocenters. The fraction of sp³-hybridized carbons (Fsp3) is 0.550. The Hall–Kier alpha value is -2.37. The minimum Gasteiger partial charge on any atom is -0.481 e. The molecule has 140 valence electrons. The number of hydrogen-bond acceptors (Lipinski definition) is 3. The summed E-state index contributed by atoms with van der Waals surface area (Å²) < 4.78 is 0. The van der Waals surface area contributed by atoms with E-state index >= 15 is 0 Å². The number of carboxylic acids is 1. The van der Waals surface area contributed by atoms with E-state index in [1.165, 1.54) is 0 Å². The van der Waals surface area contributed by atoms with Crippen molar-refractivity contribution in [1.82, 2.24) is 9.80 Å². The molecule has 0 spiro atoms. The van der Waals surface area contributed by atoms with Gasteiger partial charge in [0.15, 0.2) is 0 Å². The van der Waals surface area contributed by atoms with Gasteiger partial charge >= 0.3 is 5.97 Å². The third kappa shape index (κ3) is 3.74. The lowest BCUT2D eigenvalue weighted by atomic mass is 9.86. The Bertz CT molecular complexity index is 676. The third-order valence-electron chi connectivity index (χ3n) is 5.56. The maximum atomic E-state index is 13.4. The number of hydrogen-bond donors (Lipinski definition) is 1. The van der Waals surface area contributed by atoms with E-state index in [4.69, 9.17) is 0 Å². The van der Waals surface area contributed by atoms with Crippen molar-refractivity contribution < 1.29 is 19.5 Å². The first kappa shape index (κ1) is 18.4. The molecule has 1 aromatic carbocycles. The molecule has 0 radical (unpaired) electrons. The largest absolute Gasteiger partial charge is 0.481 e. The molecule has 2 amide bonds. The maximum Gasteiger partial charge on any atom is 0.306 e. The monoisotopic (exact) mass is 358 g/mol. The van der Waals surface area contributed by atoms with Gasteiger partial charge in [0.05, 0.1) is 5.92 Å². The quantitative estimate of drug-likeness (QED) is 0.896. The van der Waals surface area contributed by atoms with Crippen LogP contribution in [-0.2, 0) is 14.4 Å². The van der Waals surface area contributed by atoms with E-state index in [0.717, 1.165) is 18.4 Å². The van der Waals surface area contributed by atoms with E-state index < -0.39 is 17.9 Å². The van der Waals surface area contributed by atoms with Crippen LogP contribution in [0.4, 0.5) is 0 Å². The summed E-state index contributed by atoms with van der Waals surface area (Å²) in [5.74, 6) is -1.38. The predicted molar refractivity (Wildman–Crippen MR) is 96.2 cm³/mol. The fourth-order valence-corrected chi connectivity index (χ4v) is 4.08. The van der Waals surface area contributed by atoms with Gasteiger partial charge in [0.25, 0.3) is 0 Å². The molecule has 0 aliphatic carbocycles. The highest BCUT2D eigenvalue weighted by Crippen LogP contribution is 2.31. The summed E-state index contributed by atoms with van der Waals surface area (Å²) >= 11 is 0. The lowest BCUT2D eigenvalue weighted by Gasteiger charge is -2.40. The van der Waals surface area contributed by atoms with Gasteiger partial charge in [-0.05, 0) is 30.7 Å². The molecule has 6 nitrogen and oxygen atoms in total. The number of likely N-dealkylation sites (tertiary alicyclic amines) is 2. The minimum absolute atomic E-state index is 0.0203. The molecule has 1 aromatic rings. The molecule has 6 heteroatoms. The molecule has 0 bridgehead atoms. The van der Waals surface area contributed by atoms with Crippen molar-refractivity contribution in [3.63, 3.8) is 0 Å². The van der Waals surface area contributed by atoms with Crippen LogP contribution in [0.2, 0.25) is 0 Å². The highest BCUT2D eigenvalue weighted by molar-refractivity contribution is 5.89. The van der Waals surface area contributed by atoms with Gasteiger partial charge in [0.1, 0.15) is 6.04 Å². The SMILES string of the molecule is CC1CN(C(=O)C(c2ccccc2)N2CCCCC2=O)CCC1C(=O)O. The Morgan fingerprint density at radius 1 is 1.15 bits per heavy atom. The number of carbonyl (C=O) groups is 3. The van der Waals surface area contributed by atoms with Crippen molar-refractivity contribution in [3.8, 4) is 0 Å². The molecular formula is C20H26N2O4. The van der Waals surface area contributed by atoms with Gasteiger partial charge in [0.2, 0.25) is 11.8 Å². The van der Waals surface area contributed by atoms with Crippen LogP contribution in [0, 0.1) is 11.8 Å². The molecule has 2 heterocycles. The summed E-state index contributed by atoms with van der Waals surface area (Å²) in [6.45, 7) is 3.31. The highest BCUT2D eigenvalue weighted by atomic mass is 16.4. The molecule has 3 unspecified atom stereocenters. The normalized spacial score (nSPS) is 25.0. The van der Waals surface area contributed by atoms with Crippen LogP contribution in [0.5, 0.6) is 0 Å². The van der Waals surface area contributed by atoms with E-state index in [9.17, 15) is 19.5 Å². The molecule has 1 N–H and O–H groups in total. The van der Waals surface area contributed by atoms with Crippen LogP contribution in [0.15, 0.2) is 30.3 Å². The van der Waals surface area contributed by atoms with Gasteiger partial charge in [-0.2, -0.15) is 0 Å².